The molecular formula is C18H25N5O3. The highest BCUT2D eigenvalue weighted by Crippen LogP contribution is 2.13. The number of para-hydroxylation sites is 2. The average molecular weight is 359 g/mol. The van der Waals surface area contributed by atoms with Gasteiger partial charge in [0, 0.05) is 39.8 Å². The van der Waals surface area contributed by atoms with Gasteiger partial charge in [-0.3, -0.25) is 23.6 Å². The molecule has 2 heterocycles. The van der Waals surface area contributed by atoms with Gasteiger partial charge in [0.05, 0.1) is 17.6 Å². The lowest BCUT2D eigenvalue weighted by Gasteiger charge is -2.34. The highest BCUT2D eigenvalue weighted by Gasteiger charge is 2.23. The van der Waals surface area contributed by atoms with Crippen LogP contribution in [0, 0.1) is 0 Å². The number of nitrogens with zero attached hydrogens (tertiary/aromatic N) is 4. The molecule has 1 saturated heterocycles. The van der Waals surface area contributed by atoms with Gasteiger partial charge in [0.2, 0.25) is 11.8 Å². The summed E-state index contributed by atoms with van der Waals surface area (Å²) < 4.78 is 3.24. The number of carbonyl (C=O) groups excluding carboxylic acids is 2. The molecule has 2 aromatic rings. The van der Waals surface area contributed by atoms with E-state index in [1.54, 1.807) is 21.1 Å². The maximum atomic E-state index is 12.7. The van der Waals surface area contributed by atoms with Crippen LogP contribution in [0.2, 0.25) is 0 Å². The lowest BCUT2D eigenvalue weighted by Crippen LogP contribution is -2.51. The largest absolute Gasteiger partial charge is 0.358 e. The number of hydrogen-bond acceptors (Lipinski definition) is 4. The summed E-state index contributed by atoms with van der Waals surface area (Å²) in [6, 6.07) is 7.54. The van der Waals surface area contributed by atoms with E-state index >= 15 is 0 Å². The van der Waals surface area contributed by atoms with Crippen LogP contribution in [0.1, 0.15) is 6.92 Å². The quantitative estimate of drug-likeness (QED) is 0.796. The SMILES string of the molecule is CCn1c(=O)n(CC(=O)N2CCN(CC(=O)NC)CC2)c2ccccc21. The van der Waals surface area contributed by atoms with E-state index in [0.717, 1.165) is 11.0 Å². The minimum absolute atomic E-state index is 0.0243. The van der Waals surface area contributed by atoms with Crippen molar-refractivity contribution < 1.29 is 9.59 Å². The molecule has 1 fully saturated rings. The van der Waals surface area contributed by atoms with E-state index in [0.29, 0.717) is 39.3 Å². The van der Waals surface area contributed by atoms with E-state index in [1.165, 1.54) is 0 Å². The summed E-state index contributed by atoms with van der Waals surface area (Å²) in [6.07, 6.45) is 0. The molecule has 8 heteroatoms. The van der Waals surface area contributed by atoms with Crippen molar-refractivity contribution in [1.82, 2.24) is 24.3 Å². The molecule has 0 atom stereocenters. The van der Waals surface area contributed by atoms with Crippen LogP contribution in [0.3, 0.4) is 0 Å². The molecule has 8 nitrogen and oxygen atoms in total. The molecule has 1 aromatic carbocycles. The van der Waals surface area contributed by atoms with Crippen molar-refractivity contribution in [2.45, 2.75) is 20.0 Å². The maximum Gasteiger partial charge on any atom is 0.329 e. The summed E-state index contributed by atoms with van der Waals surface area (Å²) in [4.78, 5) is 40.6. The summed E-state index contributed by atoms with van der Waals surface area (Å²) in [7, 11) is 1.62. The second-order valence-corrected chi connectivity index (χ2v) is 6.43. The van der Waals surface area contributed by atoms with Crippen molar-refractivity contribution >= 4 is 22.8 Å². The number of hydrogen-bond donors (Lipinski definition) is 1. The molecule has 3 rings (SSSR count). The standard InChI is InChI=1S/C18H25N5O3/c1-3-22-14-6-4-5-7-15(14)23(18(22)26)13-17(25)21-10-8-20(9-11-21)12-16(24)19-2/h4-7H,3,8-13H2,1-2H3,(H,19,24). The number of carbonyl (C=O) groups is 2. The Morgan fingerprint density at radius 3 is 2.19 bits per heavy atom. The van der Waals surface area contributed by atoms with E-state index < -0.39 is 0 Å². The van der Waals surface area contributed by atoms with E-state index in [2.05, 4.69) is 5.32 Å². The normalized spacial score (nSPS) is 15.4. The zero-order chi connectivity index (χ0) is 18.7. The van der Waals surface area contributed by atoms with Crippen LogP contribution in [-0.4, -0.2) is 70.5 Å². The second-order valence-electron chi connectivity index (χ2n) is 6.43. The molecule has 0 aliphatic carbocycles. The molecule has 140 valence electrons. The minimum atomic E-state index is -0.152. The first kappa shape index (κ1) is 18.2. The number of aromatic nitrogens is 2. The molecule has 0 unspecified atom stereocenters. The number of fused-ring (bicyclic) bond motifs is 1. The number of imidazole rings is 1. The van der Waals surface area contributed by atoms with Gasteiger partial charge in [0.15, 0.2) is 0 Å². The first-order valence-electron chi connectivity index (χ1n) is 8.94. The number of rotatable bonds is 5. The van der Waals surface area contributed by atoms with Crippen LogP contribution in [0.15, 0.2) is 29.1 Å². The zero-order valence-electron chi connectivity index (χ0n) is 15.3. The summed E-state index contributed by atoms with van der Waals surface area (Å²) in [5.41, 5.74) is 1.48. The van der Waals surface area contributed by atoms with Gasteiger partial charge in [-0.1, -0.05) is 12.1 Å². The molecule has 1 aromatic heterocycles. The fourth-order valence-electron chi connectivity index (χ4n) is 3.40. The molecule has 26 heavy (non-hydrogen) atoms. The second kappa shape index (κ2) is 7.74. The number of benzene rings is 1. The predicted molar refractivity (Wildman–Crippen MR) is 99.0 cm³/mol. The fourth-order valence-corrected chi connectivity index (χ4v) is 3.40. The third kappa shape index (κ3) is 3.50. The number of aryl methyl sites for hydroxylation is 1. The highest BCUT2D eigenvalue weighted by molar-refractivity contribution is 5.81. The van der Waals surface area contributed by atoms with Crippen LogP contribution in [0.25, 0.3) is 11.0 Å². The number of nitrogens with one attached hydrogen (secondary N) is 1. The maximum absolute atomic E-state index is 12.7. The van der Waals surface area contributed by atoms with Gasteiger partial charge >= 0.3 is 5.69 Å². The van der Waals surface area contributed by atoms with Crippen LogP contribution in [0.5, 0.6) is 0 Å². The van der Waals surface area contributed by atoms with E-state index in [9.17, 15) is 14.4 Å². The van der Waals surface area contributed by atoms with Gasteiger partial charge in [0.25, 0.3) is 0 Å². The fraction of sp³-hybridized carbons (Fsp3) is 0.500. The minimum Gasteiger partial charge on any atom is -0.358 e. The molecular weight excluding hydrogens is 334 g/mol. The van der Waals surface area contributed by atoms with Gasteiger partial charge in [0.1, 0.15) is 6.54 Å². The van der Waals surface area contributed by atoms with Gasteiger partial charge < -0.3 is 10.2 Å². The van der Waals surface area contributed by atoms with Crippen molar-refractivity contribution in [3.63, 3.8) is 0 Å². The number of piperazine rings is 1. The van der Waals surface area contributed by atoms with E-state index in [4.69, 9.17) is 0 Å². The van der Waals surface area contributed by atoms with Crippen molar-refractivity contribution in [2.75, 3.05) is 39.8 Å². The van der Waals surface area contributed by atoms with E-state index in [1.807, 2.05) is 36.1 Å². The molecule has 1 aliphatic rings. The van der Waals surface area contributed by atoms with Crippen molar-refractivity contribution in [3.8, 4) is 0 Å². The van der Waals surface area contributed by atoms with E-state index in [-0.39, 0.29) is 24.0 Å². The summed E-state index contributed by atoms with van der Waals surface area (Å²) >= 11 is 0. The Hall–Kier alpha value is -2.61. The molecule has 0 saturated carbocycles. The number of likely N-dealkylation sites (N-methyl/N-ethyl adjacent to an activating group) is 1. The lowest BCUT2D eigenvalue weighted by molar-refractivity contribution is -0.133. The molecule has 1 N–H and O–H groups in total. The Bertz CT molecular complexity index is 861. The summed E-state index contributed by atoms with van der Waals surface area (Å²) in [5, 5.41) is 2.61. The third-order valence-corrected chi connectivity index (χ3v) is 4.91. The molecule has 0 spiro atoms. The van der Waals surface area contributed by atoms with Crippen molar-refractivity contribution in [3.05, 3.63) is 34.7 Å². The number of amides is 2. The van der Waals surface area contributed by atoms with Gasteiger partial charge in [-0.2, -0.15) is 0 Å². The third-order valence-electron chi connectivity index (χ3n) is 4.91. The first-order valence-corrected chi connectivity index (χ1v) is 8.94. The Balaban J connectivity index is 1.70. The van der Waals surface area contributed by atoms with Gasteiger partial charge in [-0.25, -0.2) is 4.79 Å². The van der Waals surface area contributed by atoms with Crippen molar-refractivity contribution in [2.24, 2.45) is 0 Å². The van der Waals surface area contributed by atoms with Crippen LogP contribution in [0.4, 0.5) is 0 Å². The molecule has 2 amide bonds. The Labute approximate surface area is 152 Å². The highest BCUT2D eigenvalue weighted by atomic mass is 16.2. The summed E-state index contributed by atoms with van der Waals surface area (Å²) in [6.45, 7) is 5.33. The smallest absolute Gasteiger partial charge is 0.329 e. The molecule has 0 radical (unpaired) electrons. The van der Waals surface area contributed by atoms with Crippen LogP contribution >= 0.6 is 0 Å². The predicted octanol–water partition coefficient (Wildman–Crippen LogP) is -0.287. The topological polar surface area (TPSA) is 79.6 Å². The Morgan fingerprint density at radius 1 is 1.00 bits per heavy atom. The monoisotopic (exact) mass is 359 g/mol. The molecule has 0 bridgehead atoms. The Kier molecular flexibility index (Phi) is 5.41. The summed E-state index contributed by atoms with van der Waals surface area (Å²) in [5.74, 6) is -0.0885. The lowest BCUT2D eigenvalue weighted by atomic mass is 10.3. The van der Waals surface area contributed by atoms with Crippen LogP contribution < -0.4 is 11.0 Å². The average Bonchev–Trinajstić information content (AvgIpc) is 2.93. The van der Waals surface area contributed by atoms with Crippen molar-refractivity contribution in [1.29, 1.82) is 0 Å². The van der Waals surface area contributed by atoms with Gasteiger partial charge in [-0.15, -0.1) is 0 Å². The van der Waals surface area contributed by atoms with Crippen LogP contribution in [-0.2, 0) is 22.7 Å². The first-order chi connectivity index (χ1) is 12.5. The molecule has 1 aliphatic heterocycles. The van der Waals surface area contributed by atoms with Gasteiger partial charge in [-0.05, 0) is 19.1 Å². The zero-order valence-corrected chi connectivity index (χ0v) is 15.3. The Morgan fingerprint density at radius 2 is 1.62 bits per heavy atom.